The van der Waals surface area contributed by atoms with Gasteiger partial charge in [0.25, 0.3) is 5.91 Å². The molecule has 34 heavy (non-hydrogen) atoms. The van der Waals surface area contributed by atoms with E-state index in [1.54, 1.807) is 54.6 Å². The van der Waals surface area contributed by atoms with Gasteiger partial charge in [0.1, 0.15) is 0 Å². The largest absolute Gasteiger partial charge is 0.504 e. The van der Waals surface area contributed by atoms with Gasteiger partial charge >= 0.3 is 0 Å². The Labute approximate surface area is 203 Å². The number of rotatable bonds is 9. The SMILES string of the molecule is COc1cccc(/C=N\NC(=O)CN(Cc2cccc(Cl)c2)S(=O)(=O)c2ccc(C)cc2)c1O. The molecule has 0 fully saturated rings. The van der Waals surface area contributed by atoms with E-state index in [1.165, 1.54) is 25.5 Å². The minimum absolute atomic E-state index is 0.0649. The Morgan fingerprint density at radius 1 is 1.15 bits per heavy atom. The van der Waals surface area contributed by atoms with Gasteiger partial charge in [0.2, 0.25) is 10.0 Å². The molecule has 0 radical (unpaired) electrons. The standard InChI is InChI=1S/C24H24ClN3O5S/c1-17-9-11-21(12-10-17)34(31,32)28(15-18-5-3-7-20(25)13-18)16-23(29)27-26-14-19-6-4-8-22(33-2)24(19)30/h3-14,30H,15-16H2,1-2H3,(H,27,29)/b26-14-. The molecule has 8 nitrogen and oxygen atoms in total. The molecule has 2 N–H and O–H groups in total. The number of nitrogens with one attached hydrogen (secondary N) is 1. The van der Waals surface area contributed by atoms with Crippen molar-refractivity contribution in [2.75, 3.05) is 13.7 Å². The monoisotopic (exact) mass is 501 g/mol. The summed E-state index contributed by atoms with van der Waals surface area (Å²) in [6.07, 6.45) is 1.24. The zero-order chi connectivity index (χ0) is 24.7. The van der Waals surface area contributed by atoms with E-state index in [0.717, 1.165) is 9.87 Å². The third-order valence-corrected chi connectivity index (χ3v) is 6.91. The number of hydrazone groups is 1. The van der Waals surface area contributed by atoms with E-state index in [1.807, 2.05) is 6.92 Å². The van der Waals surface area contributed by atoms with Crippen molar-refractivity contribution in [2.24, 2.45) is 5.10 Å². The molecule has 0 bridgehead atoms. The fraction of sp³-hybridized carbons (Fsp3) is 0.167. The first-order valence-electron chi connectivity index (χ1n) is 10.2. The molecule has 1 amide bonds. The van der Waals surface area contributed by atoms with Crippen LogP contribution in [-0.4, -0.2) is 43.6 Å². The Balaban J connectivity index is 1.80. The highest BCUT2D eigenvalue weighted by molar-refractivity contribution is 7.89. The van der Waals surface area contributed by atoms with E-state index in [-0.39, 0.29) is 22.9 Å². The van der Waals surface area contributed by atoms with Gasteiger partial charge in [0, 0.05) is 17.1 Å². The number of amides is 1. The third-order valence-electron chi connectivity index (χ3n) is 4.87. The summed E-state index contributed by atoms with van der Waals surface area (Å²) < 4.78 is 32.7. The highest BCUT2D eigenvalue weighted by atomic mass is 35.5. The molecule has 0 saturated heterocycles. The number of carbonyl (C=O) groups excluding carboxylic acids is 1. The summed E-state index contributed by atoms with van der Waals surface area (Å²) in [4.78, 5) is 12.7. The van der Waals surface area contributed by atoms with E-state index in [0.29, 0.717) is 16.1 Å². The lowest BCUT2D eigenvalue weighted by Crippen LogP contribution is -2.39. The van der Waals surface area contributed by atoms with E-state index in [4.69, 9.17) is 16.3 Å². The second kappa shape index (κ2) is 11.1. The summed E-state index contributed by atoms with van der Waals surface area (Å²) in [6.45, 7) is 1.31. The number of sulfonamides is 1. The topological polar surface area (TPSA) is 108 Å². The summed E-state index contributed by atoms with van der Waals surface area (Å²) in [5.41, 5.74) is 4.16. The summed E-state index contributed by atoms with van der Waals surface area (Å²) >= 11 is 6.05. The molecule has 0 atom stereocenters. The minimum Gasteiger partial charge on any atom is -0.504 e. The summed E-state index contributed by atoms with van der Waals surface area (Å²) in [5, 5.41) is 14.4. The molecule has 0 aromatic heterocycles. The van der Waals surface area contributed by atoms with Crippen LogP contribution >= 0.6 is 11.6 Å². The van der Waals surface area contributed by atoms with Gasteiger partial charge in [-0.15, -0.1) is 0 Å². The number of phenolic OH excluding ortho intramolecular Hbond substituents is 1. The van der Waals surface area contributed by atoms with Crippen LogP contribution in [-0.2, 0) is 21.4 Å². The van der Waals surface area contributed by atoms with Crippen molar-refractivity contribution in [3.63, 3.8) is 0 Å². The number of benzene rings is 3. The van der Waals surface area contributed by atoms with Crippen molar-refractivity contribution in [3.8, 4) is 11.5 Å². The average Bonchev–Trinajstić information content (AvgIpc) is 2.80. The number of carbonyl (C=O) groups is 1. The Hall–Kier alpha value is -3.40. The number of aryl methyl sites for hydroxylation is 1. The van der Waals surface area contributed by atoms with Crippen LogP contribution in [0, 0.1) is 6.92 Å². The molecular weight excluding hydrogens is 478 g/mol. The molecule has 0 aliphatic heterocycles. The van der Waals surface area contributed by atoms with E-state index >= 15 is 0 Å². The highest BCUT2D eigenvalue weighted by Gasteiger charge is 2.27. The maximum absolute atomic E-state index is 13.3. The highest BCUT2D eigenvalue weighted by Crippen LogP contribution is 2.28. The number of ether oxygens (including phenoxy) is 1. The Morgan fingerprint density at radius 3 is 2.53 bits per heavy atom. The zero-order valence-corrected chi connectivity index (χ0v) is 20.2. The first-order chi connectivity index (χ1) is 16.2. The molecule has 0 saturated carbocycles. The van der Waals surface area contributed by atoms with Crippen LogP contribution in [0.4, 0.5) is 0 Å². The maximum atomic E-state index is 13.3. The Bertz CT molecular complexity index is 1290. The van der Waals surface area contributed by atoms with Crippen molar-refractivity contribution in [3.05, 3.63) is 88.4 Å². The predicted octanol–water partition coefficient (Wildman–Crippen LogP) is 3.70. The van der Waals surface area contributed by atoms with Gasteiger partial charge in [-0.3, -0.25) is 4.79 Å². The molecule has 3 aromatic rings. The number of nitrogens with zero attached hydrogens (tertiary/aromatic N) is 2. The Kier molecular flexibility index (Phi) is 8.27. The lowest BCUT2D eigenvalue weighted by Gasteiger charge is -2.21. The number of hydrogen-bond donors (Lipinski definition) is 2. The van der Waals surface area contributed by atoms with Crippen LogP contribution in [0.15, 0.2) is 76.7 Å². The summed E-state index contributed by atoms with van der Waals surface area (Å²) in [5.74, 6) is -0.531. The van der Waals surface area contributed by atoms with Crippen LogP contribution in [0.1, 0.15) is 16.7 Å². The zero-order valence-electron chi connectivity index (χ0n) is 18.6. The molecule has 3 aromatic carbocycles. The molecule has 3 rings (SSSR count). The molecule has 178 valence electrons. The van der Waals surface area contributed by atoms with Crippen molar-refractivity contribution < 1.29 is 23.1 Å². The first-order valence-corrected chi connectivity index (χ1v) is 12.0. The van der Waals surface area contributed by atoms with E-state index in [2.05, 4.69) is 10.5 Å². The van der Waals surface area contributed by atoms with Crippen molar-refractivity contribution in [1.82, 2.24) is 9.73 Å². The summed E-state index contributed by atoms with van der Waals surface area (Å²) in [7, 11) is -2.58. The number of aromatic hydroxyl groups is 1. The normalized spacial score (nSPS) is 11.6. The van der Waals surface area contributed by atoms with Crippen LogP contribution in [0.25, 0.3) is 0 Å². The van der Waals surface area contributed by atoms with Crippen LogP contribution in [0.3, 0.4) is 0 Å². The Morgan fingerprint density at radius 2 is 1.85 bits per heavy atom. The van der Waals surface area contributed by atoms with E-state index < -0.39 is 22.5 Å². The van der Waals surface area contributed by atoms with Gasteiger partial charge in [-0.25, -0.2) is 13.8 Å². The van der Waals surface area contributed by atoms with Crippen LogP contribution in [0.5, 0.6) is 11.5 Å². The van der Waals surface area contributed by atoms with Crippen molar-refractivity contribution in [1.29, 1.82) is 0 Å². The first kappa shape index (κ1) is 25.2. The molecule has 0 aliphatic rings. The smallest absolute Gasteiger partial charge is 0.255 e. The molecular formula is C24H24ClN3O5S. The maximum Gasteiger partial charge on any atom is 0.255 e. The minimum atomic E-state index is -4.00. The number of methoxy groups -OCH3 is 1. The fourth-order valence-electron chi connectivity index (χ4n) is 3.10. The molecule has 0 heterocycles. The lowest BCUT2D eigenvalue weighted by molar-refractivity contribution is -0.121. The number of phenols is 1. The number of hydrogen-bond acceptors (Lipinski definition) is 6. The van der Waals surface area contributed by atoms with Crippen LogP contribution in [0.2, 0.25) is 5.02 Å². The number of para-hydroxylation sites is 1. The third kappa shape index (κ3) is 6.34. The molecule has 0 spiro atoms. The van der Waals surface area contributed by atoms with Gasteiger partial charge in [-0.05, 0) is 48.9 Å². The van der Waals surface area contributed by atoms with Crippen molar-refractivity contribution in [2.45, 2.75) is 18.4 Å². The van der Waals surface area contributed by atoms with Gasteiger partial charge < -0.3 is 9.84 Å². The second-order valence-electron chi connectivity index (χ2n) is 7.41. The second-order valence-corrected chi connectivity index (χ2v) is 9.78. The number of halogens is 1. The fourth-order valence-corrected chi connectivity index (χ4v) is 4.70. The van der Waals surface area contributed by atoms with E-state index in [9.17, 15) is 18.3 Å². The van der Waals surface area contributed by atoms with Gasteiger partial charge in [-0.1, -0.05) is 47.5 Å². The average molecular weight is 502 g/mol. The molecule has 10 heteroatoms. The molecule has 0 aliphatic carbocycles. The summed E-state index contributed by atoms with van der Waals surface area (Å²) in [6, 6.07) is 17.9. The van der Waals surface area contributed by atoms with Gasteiger partial charge in [-0.2, -0.15) is 9.41 Å². The van der Waals surface area contributed by atoms with Crippen LogP contribution < -0.4 is 10.2 Å². The quantitative estimate of drug-likeness (QED) is 0.343. The lowest BCUT2D eigenvalue weighted by atomic mass is 10.2. The predicted molar refractivity (Wildman–Crippen MR) is 131 cm³/mol. The van der Waals surface area contributed by atoms with Gasteiger partial charge in [0.05, 0.1) is 24.8 Å². The molecule has 0 unspecified atom stereocenters. The van der Waals surface area contributed by atoms with Crippen molar-refractivity contribution >= 4 is 33.7 Å². The van der Waals surface area contributed by atoms with Gasteiger partial charge in [0.15, 0.2) is 11.5 Å².